The van der Waals surface area contributed by atoms with Gasteiger partial charge in [-0.25, -0.2) is 4.79 Å². The van der Waals surface area contributed by atoms with Crippen molar-refractivity contribution in [2.24, 2.45) is 0 Å². The molecule has 0 radical (unpaired) electrons. The first kappa shape index (κ1) is 22.3. The molecule has 0 saturated carbocycles. The minimum Gasteiger partial charge on any atom is -0.454 e. The monoisotopic (exact) mass is 439 g/mol. The number of nitrogens with zero attached hydrogens (tertiary/aromatic N) is 2. The van der Waals surface area contributed by atoms with Gasteiger partial charge in [0.2, 0.25) is 11.7 Å². The molecule has 0 atom stereocenters. The summed E-state index contributed by atoms with van der Waals surface area (Å²) in [5, 5.41) is 6.37. The molecule has 1 heterocycles. The van der Waals surface area contributed by atoms with Crippen molar-refractivity contribution in [3.8, 4) is 11.4 Å². The van der Waals surface area contributed by atoms with Gasteiger partial charge in [-0.1, -0.05) is 30.1 Å². The molecule has 4 N–H and O–H groups in total. The first-order valence-corrected chi connectivity index (χ1v) is 9.19. The molecule has 0 fully saturated rings. The maximum absolute atomic E-state index is 12.0. The van der Waals surface area contributed by atoms with Gasteiger partial charge in [-0.05, 0) is 37.1 Å². The molecule has 0 bridgehead atoms. The lowest BCUT2D eigenvalue weighted by Gasteiger charge is -2.14. The average Bonchev–Trinajstić information content (AvgIpc) is 2.68. The van der Waals surface area contributed by atoms with E-state index in [-0.39, 0.29) is 33.2 Å². The van der Waals surface area contributed by atoms with Crippen LogP contribution >= 0.6 is 23.2 Å². The Morgan fingerprint density at radius 1 is 1.31 bits per heavy atom. The van der Waals surface area contributed by atoms with Crippen molar-refractivity contribution in [3.05, 3.63) is 66.5 Å². The number of likely N-dealkylation sites (N-methyl/N-ethyl adjacent to an activating group) is 1. The molecule has 1 amide bonds. The Labute approximate surface area is 175 Å². The summed E-state index contributed by atoms with van der Waals surface area (Å²) >= 11 is 12.6. The summed E-state index contributed by atoms with van der Waals surface area (Å²) in [4.78, 5) is 36.9. The second kappa shape index (κ2) is 9.44. The molecule has 0 aliphatic heterocycles. The van der Waals surface area contributed by atoms with Crippen molar-refractivity contribution in [1.82, 2.24) is 20.1 Å². The van der Waals surface area contributed by atoms with E-state index in [1.807, 2.05) is 18.8 Å². The highest BCUT2D eigenvalue weighted by atomic mass is 35.5. The van der Waals surface area contributed by atoms with Crippen LogP contribution in [0.1, 0.15) is 20.3 Å². The van der Waals surface area contributed by atoms with Crippen LogP contribution < -0.4 is 27.0 Å². The minimum absolute atomic E-state index is 0.0840. The minimum atomic E-state index is -0.805. The zero-order valence-electron chi connectivity index (χ0n) is 15.9. The molecule has 2 aromatic rings. The highest BCUT2D eigenvalue weighted by Crippen LogP contribution is 2.37. The largest absolute Gasteiger partial charge is 0.454 e. The van der Waals surface area contributed by atoms with Crippen LogP contribution in [0.5, 0.6) is 5.75 Å². The standard InChI is InChI=1S/C18H19Cl2N5O4/c1-4-9(2)13(5-6-14(26)22-3)29-15-11(19)7-10(8-12(15)20)25-18(28)23-17(27)16(21)24-25/h5-8H,4H2,1-3H3,(H2,21,24)(H,22,26)(H,23,27,28)/b6-5-,13-9-. The van der Waals surface area contributed by atoms with Gasteiger partial charge in [0, 0.05) is 13.1 Å². The lowest BCUT2D eigenvalue weighted by Crippen LogP contribution is -2.33. The zero-order chi connectivity index (χ0) is 21.7. The van der Waals surface area contributed by atoms with Gasteiger partial charge in [0.25, 0.3) is 5.56 Å². The van der Waals surface area contributed by atoms with E-state index in [4.69, 9.17) is 33.7 Å². The van der Waals surface area contributed by atoms with Crippen LogP contribution in [0.4, 0.5) is 5.82 Å². The molecule has 9 nitrogen and oxygen atoms in total. The van der Waals surface area contributed by atoms with Crippen LogP contribution in [0.15, 0.2) is 45.2 Å². The normalized spacial score (nSPS) is 12.0. The first-order valence-electron chi connectivity index (χ1n) is 8.43. The van der Waals surface area contributed by atoms with Crippen molar-refractivity contribution in [1.29, 1.82) is 0 Å². The summed E-state index contributed by atoms with van der Waals surface area (Å²) in [6, 6.07) is 2.77. The second-order valence-electron chi connectivity index (χ2n) is 5.84. The number of nitrogen functional groups attached to an aromatic ring is 1. The number of hydrogen-bond acceptors (Lipinski definition) is 6. The summed E-state index contributed by atoms with van der Waals surface area (Å²) in [6.07, 6.45) is 3.49. The molecule has 0 saturated heterocycles. The molecule has 0 unspecified atom stereocenters. The van der Waals surface area contributed by atoms with Crippen LogP contribution in [0, 0.1) is 0 Å². The Kier molecular flexibility index (Phi) is 7.24. The summed E-state index contributed by atoms with van der Waals surface area (Å²) in [5.74, 6) is -0.160. The third-order valence-electron chi connectivity index (χ3n) is 3.88. The molecule has 0 aliphatic rings. The predicted molar refractivity (Wildman–Crippen MR) is 112 cm³/mol. The lowest BCUT2D eigenvalue weighted by atomic mass is 10.2. The number of ether oxygens (including phenoxy) is 1. The molecule has 0 aliphatic carbocycles. The van der Waals surface area contributed by atoms with Crippen molar-refractivity contribution in [2.75, 3.05) is 12.8 Å². The molecule has 0 spiro atoms. The smallest absolute Gasteiger partial charge is 0.349 e. The van der Waals surface area contributed by atoms with Crippen molar-refractivity contribution in [3.63, 3.8) is 0 Å². The molecule has 154 valence electrons. The first-order chi connectivity index (χ1) is 13.7. The summed E-state index contributed by atoms with van der Waals surface area (Å²) < 4.78 is 6.71. The Balaban J connectivity index is 2.50. The third kappa shape index (κ3) is 5.27. The molecule has 1 aromatic carbocycles. The maximum atomic E-state index is 12.0. The lowest BCUT2D eigenvalue weighted by molar-refractivity contribution is -0.116. The van der Waals surface area contributed by atoms with Gasteiger partial charge in [0.05, 0.1) is 15.7 Å². The number of H-pyrrole nitrogens is 1. The summed E-state index contributed by atoms with van der Waals surface area (Å²) in [5.41, 5.74) is 4.90. The van der Waals surface area contributed by atoms with E-state index in [0.29, 0.717) is 12.2 Å². The number of carbonyl (C=O) groups is 1. The number of allylic oxidation sites excluding steroid dienone is 2. The number of nitrogens with one attached hydrogen (secondary N) is 2. The SMILES string of the molecule is CC/C(C)=C(/C=C\C(=O)NC)Oc1c(Cl)cc(-n2nc(N)c(=O)[nH]c2=O)cc1Cl. The van der Waals surface area contributed by atoms with E-state index in [9.17, 15) is 14.4 Å². The third-order valence-corrected chi connectivity index (χ3v) is 4.44. The van der Waals surface area contributed by atoms with Crippen molar-refractivity contribution in [2.45, 2.75) is 20.3 Å². The summed E-state index contributed by atoms with van der Waals surface area (Å²) in [6.45, 7) is 3.77. The Hall–Kier alpha value is -3.04. The van der Waals surface area contributed by atoms with Crippen molar-refractivity contribution >= 4 is 34.9 Å². The van der Waals surface area contributed by atoms with Gasteiger partial charge in [0.15, 0.2) is 5.75 Å². The van der Waals surface area contributed by atoms with Gasteiger partial charge in [-0.15, -0.1) is 5.10 Å². The van der Waals surface area contributed by atoms with Crippen molar-refractivity contribution < 1.29 is 9.53 Å². The Morgan fingerprint density at radius 3 is 2.48 bits per heavy atom. The molecule has 29 heavy (non-hydrogen) atoms. The predicted octanol–water partition coefficient (Wildman–Crippen LogP) is 2.17. The molecular formula is C18H19Cl2N5O4. The molecular weight excluding hydrogens is 421 g/mol. The second-order valence-corrected chi connectivity index (χ2v) is 6.66. The maximum Gasteiger partial charge on any atom is 0.349 e. The van der Waals surface area contributed by atoms with Crippen LogP contribution in [0.25, 0.3) is 5.69 Å². The number of carbonyl (C=O) groups excluding carboxylic acids is 1. The van der Waals surface area contributed by atoms with Gasteiger partial charge in [-0.2, -0.15) is 4.68 Å². The molecule has 1 aromatic heterocycles. The van der Waals surface area contributed by atoms with Gasteiger partial charge in [0.1, 0.15) is 5.76 Å². The van der Waals surface area contributed by atoms with E-state index in [2.05, 4.69) is 10.4 Å². The number of benzene rings is 1. The quantitative estimate of drug-likeness (QED) is 0.358. The van der Waals surface area contributed by atoms with E-state index in [1.54, 1.807) is 0 Å². The van der Waals surface area contributed by atoms with Crippen LogP contribution in [-0.4, -0.2) is 27.7 Å². The zero-order valence-corrected chi connectivity index (χ0v) is 17.4. The fourth-order valence-corrected chi connectivity index (χ4v) is 2.69. The fraction of sp³-hybridized carbons (Fsp3) is 0.222. The highest BCUT2D eigenvalue weighted by Gasteiger charge is 2.15. The number of aromatic nitrogens is 3. The van der Waals surface area contributed by atoms with Crippen LogP contribution in [0.2, 0.25) is 10.0 Å². The average molecular weight is 440 g/mol. The van der Waals surface area contributed by atoms with E-state index in [0.717, 1.165) is 10.3 Å². The number of anilines is 1. The topological polar surface area (TPSA) is 132 Å². The van der Waals surface area contributed by atoms with Gasteiger partial charge in [-0.3, -0.25) is 14.6 Å². The fourth-order valence-electron chi connectivity index (χ4n) is 2.14. The van der Waals surface area contributed by atoms with E-state index in [1.165, 1.54) is 31.3 Å². The highest BCUT2D eigenvalue weighted by molar-refractivity contribution is 6.37. The van der Waals surface area contributed by atoms with E-state index >= 15 is 0 Å². The number of amides is 1. The number of halogens is 2. The molecule has 11 heteroatoms. The summed E-state index contributed by atoms with van der Waals surface area (Å²) in [7, 11) is 1.51. The Bertz CT molecular complexity index is 1090. The van der Waals surface area contributed by atoms with Gasteiger partial charge < -0.3 is 15.8 Å². The van der Waals surface area contributed by atoms with Gasteiger partial charge >= 0.3 is 5.69 Å². The number of rotatable bonds is 6. The van der Waals surface area contributed by atoms with Crippen LogP contribution in [-0.2, 0) is 4.79 Å². The number of hydrogen-bond donors (Lipinski definition) is 3. The molecule has 2 rings (SSSR count). The van der Waals surface area contributed by atoms with E-state index < -0.39 is 11.2 Å². The number of aromatic amines is 1. The Morgan fingerprint density at radius 2 is 1.93 bits per heavy atom. The number of nitrogens with two attached hydrogens (primary N) is 1. The van der Waals surface area contributed by atoms with Crippen LogP contribution in [0.3, 0.4) is 0 Å².